The van der Waals surface area contributed by atoms with E-state index in [1.54, 1.807) is 0 Å². The highest BCUT2D eigenvalue weighted by Crippen LogP contribution is 2.42. The van der Waals surface area contributed by atoms with Crippen LogP contribution < -0.4 is 0 Å². The summed E-state index contributed by atoms with van der Waals surface area (Å²) < 4.78 is 19.0. The first-order valence-electron chi connectivity index (χ1n) is 5.00. The topological polar surface area (TPSA) is 59.4 Å². The quantitative estimate of drug-likeness (QED) is 0.731. The lowest BCUT2D eigenvalue weighted by atomic mass is 9.81. The molecule has 0 saturated heterocycles. The number of ether oxygens (including phenoxy) is 1. The van der Waals surface area contributed by atoms with Gasteiger partial charge in [0.05, 0.1) is 18.9 Å². The Labute approximate surface area is 92.1 Å². The number of rotatable bonds is 1. The number of hydrogen-bond acceptors (Lipinski definition) is 4. The number of alkyl halides is 1. The summed E-state index contributed by atoms with van der Waals surface area (Å²) in [5, 5.41) is 9.67. The van der Waals surface area contributed by atoms with E-state index in [0.29, 0.717) is 0 Å². The highest BCUT2D eigenvalue weighted by atomic mass is 19.1. The highest BCUT2D eigenvalue weighted by Gasteiger charge is 2.47. The lowest BCUT2D eigenvalue weighted by molar-refractivity contribution is -0.157. The summed E-state index contributed by atoms with van der Waals surface area (Å²) in [6.07, 6.45) is 0.727. The number of nitrogens with zero attached hydrogens (tertiary/aromatic N) is 1. The van der Waals surface area contributed by atoms with Gasteiger partial charge in [-0.1, -0.05) is 6.07 Å². The van der Waals surface area contributed by atoms with E-state index in [0.717, 1.165) is 7.11 Å². The second-order valence-electron chi connectivity index (χ2n) is 3.78. The van der Waals surface area contributed by atoms with Crippen molar-refractivity contribution in [1.82, 2.24) is 4.98 Å². The number of aromatic nitrogens is 1. The zero-order chi connectivity index (χ0) is 11.8. The molecule has 1 aliphatic rings. The summed E-state index contributed by atoms with van der Waals surface area (Å²) in [4.78, 5) is 15.4. The van der Waals surface area contributed by atoms with Crippen molar-refractivity contribution >= 4 is 5.97 Å². The third kappa shape index (κ3) is 1.48. The molecule has 4 nitrogen and oxygen atoms in total. The third-order valence-electron chi connectivity index (χ3n) is 2.85. The number of halogens is 1. The van der Waals surface area contributed by atoms with Crippen molar-refractivity contribution in [2.75, 3.05) is 7.11 Å². The normalized spacial score (nSPS) is 28.3. The number of pyridine rings is 1. The number of carbonyl (C=O) groups excluding carboxylic acids is 1. The largest absolute Gasteiger partial charge is 0.466 e. The van der Waals surface area contributed by atoms with E-state index in [1.165, 1.54) is 18.3 Å². The summed E-state index contributed by atoms with van der Waals surface area (Å²) in [6.45, 7) is 0. The molecule has 0 amide bonds. The van der Waals surface area contributed by atoms with Crippen molar-refractivity contribution in [2.24, 2.45) is 0 Å². The average molecular weight is 225 g/mol. The van der Waals surface area contributed by atoms with Gasteiger partial charge in [-0.2, -0.15) is 0 Å². The molecule has 0 aromatic carbocycles. The van der Waals surface area contributed by atoms with Crippen molar-refractivity contribution in [3.05, 3.63) is 29.6 Å². The van der Waals surface area contributed by atoms with Gasteiger partial charge in [-0.25, -0.2) is 9.18 Å². The molecule has 2 rings (SSSR count). The monoisotopic (exact) mass is 225 g/mol. The van der Waals surface area contributed by atoms with Gasteiger partial charge in [0.2, 0.25) is 5.67 Å². The second-order valence-corrected chi connectivity index (χ2v) is 3.78. The van der Waals surface area contributed by atoms with Gasteiger partial charge in [0.15, 0.2) is 0 Å². The zero-order valence-corrected chi connectivity index (χ0v) is 8.81. The van der Waals surface area contributed by atoms with Crippen LogP contribution in [0.1, 0.15) is 30.2 Å². The van der Waals surface area contributed by atoms with E-state index in [-0.39, 0.29) is 24.1 Å². The molecule has 0 unspecified atom stereocenters. The standard InChI is InChI=1S/C11H12FNO3/c1-16-10(15)11(12)5-4-8(14)9-7(11)3-2-6-13-9/h2-3,6,8,14H,4-5H2,1H3/t8-,11+/m1/s1. The number of hydrogen-bond donors (Lipinski definition) is 1. The van der Waals surface area contributed by atoms with Crippen LogP contribution >= 0.6 is 0 Å². The van der Waals surface area contributed by atoms with Gasteiger partial charge in [0, 0.05) is 11.8 Å². The van der Waals surface area contributed by atoms with Gasteiger partial charge in [-0.15, -0.1) is 0 Å². The Balaban J connectivity index is 2.53. The van der Waals surface area contributed by atoms with Gasteiger partial charge >= 0.3 is 5.97 Å². The minimum atomic E-state index is -2.18. The van der Waals surface area contributed by atoms with Crippen LogP contribution in [0.15, 0.2) is 18.3 Å². The molecule has 86 valence electrons. The van der Waals surface area contributed by atoms with Crippen LogP contribution in [-0.4, -0.2) is 23.2 Å². The lowest BCUT2D eigenvalue weighted by Crippen LogP contribution is -2.37. The molecule has 1 heterocycles. The van der Waals surface area contributed by atoms with E-state index in [2.05, 4.69) is 9.72 Å². The van der Waals surface area contributed by atoms with E-state index < -0.39 is 17.7 Å². The number of aliphatic hydroxyl groups is 1. The second kappa shape index (κ2) is 3.83. The van der Waals surface area contributed by atoms with Crippen LogP contribution in [0.2, 0.25) is 0 Å². The maximum Gasteiger partial charge on any atom is 0.348 e. The molecule has 0 radical (unpaired) electrons. The summed E-state index contributed by atoms with van der Waals surface area (Å²) in [5.41, 5.74) is -1.85. The van der Waals surface area contributed by atoms with Crippen LogP contribution in [0.3, 0.4) is 0 Å². The molecule has 0 saturated carbocycles. The fraction of sp³-hybridized carbons (Fsp3) is 0.455. The maximum absolute atomic E-state index is 14.5. The van der Waals surface area contributed by atoms with Crippen molar-refractivity contribution in [3.8, 4) is 0 Å². The van der Waals surface area contributed by atoms with E-state index in [9.17, 15) is 14.3 Å². The summed E-state index contributed by atoms with van der Waals surface area (Å²) in [7, 11) is 1.14. The molecular weight excluding hydrogens is 213 g/mol. The Morgan fingerprint density at radius 3 is 3.19 bits per heavy atom. The lowest BCUT2D eigenvalue weighted by Gasteiger charge is -2.31. The SMILES string of the molecule is COC(=O)[C@]1(F)CC[C@@H](O)c2ncccc21. The molecule has 1 aliphatic carbocycles. The Kier molecular flexibility index (Phi) is 2.63. The summed E-state index contributed by atoms with van der Waals surface area (Å²) in [5.74, 6) is -0.936. The Morgan fingerprint density at radius 1 is 1.75 bits per heavy atom. The minimum absolute atomic E-state index is 0.0838. The molecular formula is C11H12FNO3. The van der Waals surface area contributed by atoms with Crippen LogP contribution in [0.25, 0.3) is 0 Å². The summed E-state index contributed by atoms with van der Waals surface area (Å²) >= 11 is 0. The molecule has 1 aromatic rings. The molecule has 2 atom stereocenters. The fourth-order valence-electron chi connectivity index (χ4n) is 2.00. The first kappa shape index (κ1) is 11.0. The first-order valence-corrected chi connectivity index (χ1v) is 5.00. The van der Waals surface area contributed by atoms with Crippen molar-refractivity contribution in [3.63, 3.8) is 0 Å². The van der Waals surface area contributed by atoms with Crippen LogP contribution in [0, 0.1) is 0 Å². The Bertz CT molecular complexity index is 423. The summed E-state index contributed by atoms with van der Waals surface area (Å²) in [6, 6.07) is 3.00. The molecule has 1 N–H and O–H groups in total. The van der Waals surface area contributed by atoms with Crippen molar-refractivity contribution in [1.29, 1.82) is 0 Å². The predicted molar refractivity (Wildman–Crippen MR) is 53.2 cm³/mol. The highest BCUT2D eigenvalue weighted by molar-refractivity contribution is 5.81. The number of fused-ring (bicyclic) bond motifs is 1. The number of aliphatic hydroxyl groups excluding tert-OH is 1. The predicted octanol–water partition coefficient (Wildman–Crippen LogP) is 1.25. The minimum Gasteiger partial charge on any atom is -0.466 e. The molecule has 0 spiro atoms. The van der Waals surface area contributed by atoms with Gasteiger partial charge in [-0.3, -0.25) is 4.98 Å². The number of methoxy groups -OCH3 is 1. The van der Waals surface area contributed by atoms with E-state index >= 15 is 0 Å². The van der Waals surface area contributed by atoms with Gasteiger partial charge in [-0.05, 0) is 18.9 Å². The Hall–Kier alpha value is -1.49. The van der Waals surface area contributed by atoms with Crippen LogP contribution in [0.4, 0.5) is 4.39 Å². The van der Waals surface area contributed by atoms with Gasteiger partial charge in [0.25, 0.3) is 0 Å². The molecule has 0 fully saturated rings. The van der Waals surface area contributed by atoms with Crippen LogP contribution in [-0.2, 0) is 15.2 Å². The number of esters is 1. The van der Waals surface area contributed by atoms with E-state index in [4.69, 9.17) is 0 Å². The molecule has 5 heteroatoms. The smallest absolute Gasteiger partial charge is 0.348 e. The molecule has 0 aliphatic heterocycles. The third-order valence-corrected chi connectivity index (χ3v) is 2.85. The van der Waals surface area contributed by atoms with Crippen molar-refractivity contribution < 1.29 is 19.0 Å². The van der Waals surface area contributed by atoms with Gasteiger partial charge in [0.1, 0.15) is 0 Å². The Morgan fingerprint density at radius 2 is 2.50 bits per heavy atom. The molecule has 16 heavy (non-hydrogen) atoms. The van der Waals surface area contributed by atoms with Gasteiger partial charge < -0.3 is 9.84 Å². The van der Waals surface area contributed by atoms with Crippen molar-refractivity contribution in [2.45, 2.75) is 24.6 Å². The van der Waals surface area contributed by atoms with Crippen LogP contribution in [0.5, 0.6) is 0 Å². The first-order chi connectivity index (χ1) is 7.59. The fourth-order valence-corrected chi connectivity index (χ4v) is 2.00. The average Bonchev–Trinajstić information content (AvgIpc) is 2.33. The van der Waals surface area contributed by atoms with E-state index in [1.807, 2.05) is 0 Å². The zero-order valence-electron chi connectivity index (χ0n) is 8.81. The number of carbonyl (C=O) groups is 1. The molecule has 0 bridgehead atoms. The molecule has 1 aromatic heterocycles. The maximum atomic E-state index is 14.5.